The number of carbonyl (C=O) groups excluding carboxylic acids is 2. The summed E-state index contributed by atoms with van der Waals surface area (Å²) < 4.78 is 73.3. The number of fused-ring (bicyclic) bond motifs is 1. The normalized spacial score (nSPS) is 13.0. The summed E-state index contributed by atoms with van der Waals surface area (Å²) in [5, 5.41) is 10.9. The van der Waals surface area contributed by atoms with E-state index in [4.69, 9.17) is 4.74 Å². The number of sulfonamides is 1. The zero-order valence-electron chi connectivity index (χ0n) is 18.9. The van der Waals surface area contributed by atoms with Crippen LogP contribution in [0.25, 0.3) is 10.8 Å². The molecule has 3 aromatic carbocycles. The van der Waals surface area contributed by atoms with Crippen LogP contribution in [0.15, 0.2) is 59.5 Å². The van der Waals surface area contributed by atoms with Crippen LogP contribution in [0.5, 0.6) is 5.75 Å². The zero-order valence-corrected chi connectivity index (χ0v) is 19.7. The van der Waals surface area contributed by atoms with Crippen molar-refractivity contribution in [2.45, 2.75) is 43.9 Å². The number of alkyl halides is 3. The third-order valence-electron chi connectivity index (χ3n) is 5.06. The first-order valence-electron chi connectivity index (χ1n) is 10.4. The Morgan fingerprint density at radius 3 is 2.11 bits per heavy atom. The number of Topliss-reactive ketones (excluding diaryl/α,β-unsaturated/α-hetero) is 1. The lowest BCUT2D eigenvalue weighted by Gasteiger charge is -2.21. The Bertz CT molecular complexity index is 1380. The van der Waals surface area contributed by atoms with Crippen molar-refractivity contribution in [2.75, 3.05) is 4.72 Å². The van der Waals surface area contributed by atoms with E-state index in [-0.39, 0.29) is 21.4 Å². The lowest BCUT2D eigenvalue weighted by molar-refractivity contribution is -0.178. The number of ether oxygens (including phenoxy) is 1. The minimum Gasteiger partial charge on any atom is -0.507 e. The molecule has 2 N–H and O–H groups in total. The van der Waals surface area contributed by atoms with Crippen molar-refractivity contribution >= 4 is 38.2 Å². The van der Waals surface area contributed by atoms with Crippen molar-refractivity contribution in [1.29, 1.82) is 0 Å². The molecule has 0 amide bonds. The van der Waals surface area contributed by atoms with Gasteiger partial charge in [-0.05, 0) is 39.0 Å². The lowest BCUT2D eigenvalue weighted by atomic mass is 9.90. The molecule has 0 aromatic heterocycles. The van der Waals surface area contributed by atoms with E-state index in [1.165, 1.54) is 50.2 Å². The number of hydrogen-bond donors (Lipinski definition) is 2. The van der Waals surface area contributed by atoms with Gasteiger partial charge in [-0.2, -0.15) is 13.2 Å². The lowest BCUT2D eigenvalue weighted by Crippen LogP contribution is -2.35. The quantitative estimate of drug-likeness (QED) is 0.269. The van der Waals surface area contributed by atoms with Crippen LogP contribution in [-0.4, -0.2) is 37.6 Å². The molecule has 1 unspecified atom stereocenters. The number of ketones is 1. The fourth-order valence-electron chi connectivity index (χ4n) is 3.45. The zero-order chi connectivity index (χ0) is 26.1. The molecule has 186 valence electrons. The number of phenols is 1. The largest absolute Gasteiger partial charge is 0.507 e. The molecule has 1 atom stereocenters. The second-order valence-electron chi connectivity index (χ2n) is 8.11. The number of phenolic OH excluding ortho intramolecular Hbond substituents is 1. The summed E-state index contributed by atoms with van der Waals surface area (Å²) in [6, 6.07) is 12.4. The van der Waals surface area contributed by atoms with Gasteiger partial charge in [0.25, 0.3) is 15.8 Å². The highest BCUT2D eigenvalue weighted by Gasteiger charge is 2.49. The number of anilines is 1. The summed E-state index contributed by atoms with van der Waals surface area (Å²) in [6.07, 6.45) is -6.28. The number of benzene rings is 3. The molecular formula is C24H22F3NO6S. The van der Waals surface area contributed by atoms with E-state index in [1.54, 1.807) is 19.1 Å². The molecule has 0 radical (unpaired) electrons. The Morgan fingerprint density at radius 1 is 1.00 bits per heavy atom. The maximum absolute atomic E-state index is 13.4. The number of rotatable bonds is 7. The fourth-order valence-corrected chi connectivity index (χ4v) is 4.52. The van der Waals surface area contributed by atoms with Gasteiger partial charge in [-0.3, -0.25) is 14.3 Å². The summed E-state index contributed by atoms with van der Waals surface area (Å²) >= 11 is 0. The smallest absolute Gasteiger partial charge is 0.451 e. The molecular weight excluding hydrogens is 487 g/mol. The number of halogens is 3. The molecule has 0 aliphatic heterocycles. The molecule has 0 saturated heterocycles. The molecule has 0 aliphatic carbocycles. The van der Waals surface area contributed by atoms with Gasteiger partial charge in [-0.25, -0.2) is 8.42 Å². The standard InChI is InChI=1S/C24H22F3NO6S/c1-13(2)34-23(31)20(22(30)24(25,26)27)18-12-19(16-6-4-5-7-17(16)21(18)29)28-35(32,33)15-10-8-14(3)9-11-15/h4-13,20,28-29H,1-3H3. The van der Waals surface area contributed by atoms with Crippen LogP contribution < -0.4 is 4.72 Å². The molecule has 0 spiro atoms. The van der Waals surface area contributed by atoms with Crippen LogP contribution in [0.1, 0.15) is 30.9 Å². The van der Waals surface area contributed by atoms with Gasteiger partial charge in [0, 0.05) is 16.3 Å². The van der Waals surface area contributed by atoms with E-state index in [1.807, 2.05) is 0 Å². The van der Waals surface area contributed by atoms with Gasteiger partial charge in [0.15, 0.2) is 5.92 Å². The first-order valence-corrected chi connectivity index (χ1v) is 11.9. The van der Waals surface area contributed by atoms with E-state index in [2.05, 4.69) is 4.72 Å². The highest BCUT2D eigenvalue weighted by molar-refractivity contribution is 7.92. The number of esters is 1. The Hall–Kier alpha value is -3.60. The van der Waals surface area contributed by atoms with Gasteiger partial charge in [0.1, 0.15) is 5.75 Å². The van der Waals surface area contributed by atoms with Crippen molar-refractivity contribution in [3.8, 4) is 5.75 Å². The maximum Gasteiger partial charge on any atom is 0.451 e. The van der Waals surface area contributed by atoms with Crippen LogP contribution >= 0.6 is 0 Å². The second kappa shape index (κ2) is 9.57. The van der Waals surface area contributed by atoms with Crippen molar-refractivity contribution < 1.29 is 41.0 Å². The van der Waals surface area contributed by atoms with Crippen LogP contribution in [0.2, 0.25) is 0 Å². The number of hydrogen-bond acceptors (Lipinski definition) is 6. The topological polar surface area (TPSA) is 110 Å². The molecule has 0 heterocycles. The van der Waals surface area contributed by atoms with Crippen LogP contribution in [0.4, 0.5) is 18.9 Å². The number of aryl methyl sites for hydroxylation is 1. The number of aromatic hydroxyl groups is 1. The minimum atomic E-state index is -5.43. The number of carbonyl (C=O) groups is 2. The van der Waals surface area contributed by atoms with E-state index in [9.17, 15) is 36.3 Å². The molecule has 3 aromatic rings. The van der Waals surface area contributed by atoms with Crippen molar-refractivity contribution in [3.05, 3.63) is 65.7 Å². The van der Waals surface area contributed by atoms with Crippen molar-refractivity contribution in [2.24, 2.45) is 0 Å². The van der Waals surface area contributed by atoms with E-state index < -0.39 is 51.3 Å². The summed E-state index contributed by atoms with van der Waals surface area (Å²) in [7, 11) is -4.22. The Labute approximate surface area is 199 Å². The summed E-state index contributed by atoms with van der Waals surface area (Å²) in [6.45, 7) is 4.53. The molecule has 0 bridgehead atoms. The predicted octanol–water partition coefficient (Wildman–Crippen LogP) is 4.82. The minimum absolute atomic E-state index is 0.0658. The van der Waals surface area contributed by atoms with E-state index in [0.717, 1.165) is 11.6 Å². The Kier molecular flexibility index (Phi) is 7.11. The molecule has 0 aliphatic rings. The monoisotopic (exact) mass is 509 g/mol. The van der Waals surface area contributed by atoms with E-state index >= 15 is 0 Å². The average Bonchev–Trinajstić information content (AvgIpc) is 2.76. The second-order valence-corrected chi connectivity index (χ2v) is 9.79. The molecule has 35 heavy (non-hydrogen) atoms. The average molecular weight is 510 g/mol. The number of nitrogens with one attached hydrogen (secondary N) is 1. The maximum atomic E-state index is 13.4. The Morgan fingerprint density at radius 2 is 1.57 bits per heavy atom. The molecule has 0 saturated carbocycles. The SMILES string of the molecule is Cc1ccc(S(=O)(=O)Nc2cc(C(C(=O)OC(C)C)C(=O)C(F)(F)F)c(O)c3ccccc23)cc1. The molecule has 11 heteroatoms. The summed E-state index contributed by atoms with van der Waals surface area (Å²) in [4.78, 5) is 24.7. The van der Waals surface area contributed by atoms with Gasteiger partial charge in [0.05, 0.1) is 16.7 Å². The van der Waals surface area contributed by atoms with Gasteiger partial charge < -0.3 is 9.84 Å². The van der Waals surface area contributed by atoms with Gasteiger partial charge in [-0.1, -0.05) is 42.0 Å². The van der Waals surface area contributed by atoms with Gasteiger partial charge in [-0.15, -0.1) is 0 Å². The van der Waals surface area contributed by atoms with Gasteiger partial charge in [0.2, 0.25) is 0 Å². The Balaban J connectivity index is 2.24. The highest BCUT2D eigenvalue weighted by Crippen LogP contribution is 2.41. The first kappa shape index (κ1) is 26.0. The summed E-state index contributed by atoms with van der Waals surface area (Å²) in [5.74, 6) is -7.33. The molecule has 7 nitrogen and oxygen atoms in total. The van der Waals surface area contributed by atoms with Crippen LogP contribution in [0.3, 0.4) is 0 Å². The molecule has 0 fully saturated rings. The predicted molar refractivity (Wildman–Crippen MR) is 123 cm³/mol. The summed E-state index contributed by atoms with van der Waals surface area (Å²) in [5.41, 5.74) is -0.164. The highest BCUT2D eigenvalue weighted by atomic mass is 32.2. The van der Waals surface area contributed by atoms with Crippen LogP contribution in [-0.2, 0) is 24.3 Å². The molecule has 3 rings (SSSR count). The first-order chi connectivity index (χ1) is 16.2. The third kappa shape index (κ3) is 5.56. The van der Waals surface area contributed by atoms with Crippen molar-refractivity contribution in [3.63, 3.8) is 0 Å². The third-order valence-corrected chi connectivity index (χ3v) is 6.44. The fraction of sp³-hybridized carbons (Fsp3) is 0.250. The van der Waals surface area contributed by atoms with Crippen LogP contribution in [0, 0.1) is 6.92 Å². The van der Waals surface area contributed by atoms with Gasteiger partial charge >= 0.3 is 12.1 Å². The van der Waals surface area contributed by atoms with E-state index in [0.29, 0.717) is 0 Å². The van der Waals surface area contributed by atoms with Crippen molar-refractivity contribution in [1.82, 2.24) is 0 Å².